The Morgan fingerprint density at radius 3 is 2.79 bits per heavy atom. The Hall–Kier alpha value is -2.65. The van der Waals surface area contributed by atoms with Gasteiger partial charge in [-0.2, -0.15) is 5.26 Å². The van der Waals surface area contributed by atoms with E-state index in [9.17, 15) is 14.9 Å². The molecule has 1 N–H and O–H groups in total. The molecule has 1 amide bonds. The molecule has 1 aliphatic rings. The van der Waals surface area contributed by atoms with Crippen molar-refractivity contribution in [1.29, 1.82) is 5.26 Å². The summed E-state index contributed by atoms with van der Waals surface area (Å²) < 4.78 is 5.25. The molecule has 0 spiro atoms. The zero-order chi connectivity index (χ0) is 20.1. The largest absolute Gasteiger partial charge is 0.455 e. The highest BCUT2D eigenvalue weighted by molar-refractivity contribution is 7.16. The maximum absolute atomic E-state index is 12.4. The first-order valence-electron chi connectivity index (χ1n) is 9.59. The SMILES string of the molecule is CC[C@H](C(=O)OCC(=O)Nc1sc2c(c1C#N)CC[C@@H](C)C2)c1ccccc1. The number of nitrogens with zero attached hydrogens (tertiary/aromatic N) is 1. The van der Waals surface area contributed by atoms with E-state index >= 15 is 0 Å². The zero-order valence-corrected chi connectivity index (χ0v) is 17.0. The summed E-state index contributed by atoms with van der Waals surface area (Å²) in [6.45, 7) is 3.75. The minimum atomic E-state index is -0.417. The first-order valence-corrected chi connectivity index (χ1v) is 10.4. The fraction of sp³-hybridized carbons (Fsp3) is 0.409. The molecule has 0 radical (unpaired) electrons. The topological polar surface area (TPSA) is 79.2 Å². The Bertz CT molecular complexity index is 898. The van der Waals surface area contributed by atoms with Crippen LogP contribution in [-0.4, -0.2) is 18.5 Å². The Morgan fingerprint density at radius 2 is 2.11 bits per heavy atom. The lowest BCUT2D eigenvalue weighted by Crippen LogP contribution is -2.23. The van der Waals surface area contributed by atoms with Gasteiger partial charge in [0.15, 0.2) is 6.61 Å². The van der Waals surface area contributed by atoms with Gasteiger partial charge in [-0.3, -0.25) is 9.59 Å². The van der Waals surface area contributed by atoms with Crippen molar-refractivity contribution in [1.82, 2.24) is 0 Å². The highest BCUT2D eigenvalue weighted by Gasteiger charge is 2.25. The third-order valence-corrected chi connectivity index (χ3v) is 6.29. The molecule has 0 bridgehead atoms. The van der Waals surface area contributed by atoms with Crippen molar-refractivity contribution in [3.63, 3.8) is 0 Å². The summed E-state index contributed by atoms with van der Waals surface area (Å²) in [4.78, 5) is 25.9. The summed E-state index contributed by atoms with van der Waals surface area (Å²) in [5.41, 5.74) is 2.50. The zero-order valence-electron chi connectivity index (χ0n) is 16.2. The van der Waals surface area contributed by atoms with Crippen molar-refractivity contribution in [2.75, 3.05) is 11.9 Å². The number of hydrogen-bond donors (Lipinski definition) is 1. The molecule has 0 saturated heterocycles. The van der Waals surface area contributed by atoms with Gasteiger partial charge in [0.2, 0.25) is 0 Å². The minimum absolute atomic E-state index is 0.355. The minimum Gasteiger partial charge on any atom is -0.455 e. The number of hydrogen-bond acceptors (Lipinski definition) is 5. The predicted octanol–water partition coefficient (Wildman–Crippen LogP) is 4.42. The van der Waals surface area contributed by atoms with E-state index in [2.05, 4.69) is 18.3 Å². The molecule has 1 aromatic carbocycles. The van der Waals surface area contributed by atoms with Crippen molar-refractivity contribution >= 4 is 28.2 Å². The monoisotopic (exact) mass is 396 g/mol. The summed E-state index contributed by atoms with van der Waals surface area (Å²) >= 11 is 1.47. The fourth-order valence-electron chi connectivity index (χ4n) is 3.58. The van der Waals surface area contributed by atoms with E-state index in [0.717, 1.165) is 30.4 Å². The lowest BCUT2D eigenvalue weighted by Gasteiger charge is -2.17. The van der Waals surface area contributed by atoms with Crippen LogP contribution in [0.4, 0.5) is 5.00 Å². The van der Waals surface area contributed by atoms with Crippen molar-refractivity contribution in [2.45, 2.75) is 45.4 Å². The Kier molecular flexibility index (Phi) is 6.48. The average molecular weight is 397 g/mol. The van der Waals surface area contributed by atoms with Crippen LogP contribution >= 0.6 is 11.3 Å². The quantitative estimate of drug-likeness (QED) is 0.733. The van der Waals surface area contributed by atoms with Gasteiger partial charge in [0.05, 0.1) is 11.5 Å². The van der Waals surface area contributed by atoms with E-state index < -0.39 is 11.9 Å². The molecular weight excluding hydrogens is 372 g/mol. The van der Waals surface area contributed by atoms with Crippen molar-refractivity contribution in [2.24, 2.45) is 5.92 Å². The van der Waals surface area contributed by atoms with Gasteiger partial charge in [0.1, 0.15) is 11.1 Å². The second kappa shape index (κ2) is 9.03. The molecule has 2 atom stereocenters. The highest BCUT2D eigenvalue weighted by atomic mass is 32.1. The molecule has 0 saturated carbocycles. The Labute approximate surface area is 169 Å². The molecule has 1 heterocycles. The predicted molar refractivity (Wildman–Crippen MR) is 109 cm³/mol. The Balaban J connectivity index is 1.62. The van der Waals surface area contributed by atoms with Crippen LogP contribution in [-0.2, 0) is 27.2 Å². The molecule has 2 aromatic rings. The van der Waals surface area contributed by atoms with Crippen molar-refractivity contribution in [3.05, 3.63) is 51.9 Å². The van der Waals surface area contributed by atoms with E-state index in [1.807, 2.05) is 37.3 Å². The fourth-order valence-corrected chi connectivity index (χ4v) is 4.96. The molecule has 1 aliphatic carbocycles. The number of nitrogens with one attached hydrogen (secondary N) is 1. The van der Waals surface area contributed by atoms with Crippen LogP contribution in [0, 0.1) is 17.2 Å². The lowest BCUT2D eigenvalue weighted by atomic mass is 9.89. The number of anilines is 1. The van der Waals surface area contributed by atoms with Crippen LogP contribution in [0.1, 0.15) is 54.2 Å². The average Bonchev–Trinajstić information content (AvgIpc) is 3.03. The number of ether oxygens (including phenoxy) is 1. The highest BCUT2D eigenvalue weighted by Crippen LogP contribution is 2.39. The maximum Gasteiger partial charge on any atom is 0.313 e. The van der Waals surface area contributed by atoms with Crippen LogP contribution < -0.4 is 5.32 Å². The molecular formula is C22H24N2O3S. The molecule has 146 valence electrons. The normalized spacial score (nSPS) is 16.5. The van der Waals surface area contributed by atoms with Crippen molar-refractivity contribution < 1.29 is 14.3 Å². The van der Waals surface area contributed by atoms with Crippen LogP contribution in [0.15, 0.2) is 30.3 Å². The number of fused-ring (bicyclic) bond motifs is 1. The van der Waals surface area contributed by atoms with Gasteiger partial charge >= 0.3 is 5.97 Å². The third kappa shape index (κ3) is 4.42. The van der Waals surface area contributed by atoms with Crippen LogP contribution in [0.3, 0.4) is 0 Å². The molecule has 0 unspecified atom stereocenters. The third-order valence-electron chi connectivity index (χ3n) is 5.12. The van der Waals surface area contributed by atoms with Crippen molar-refractivity contribution in [3.8, 4) is 6.07 Å². The van der Waals surface area contributed by atoms with Crippen LogP contribution in [0.2, 0.25) is 0 Å². The molecule has 1 aromatic heterocycles. The number of benzene rings is 1. The van der Waals surface area contributed by atoms with Gasteiger partial charge in [-0.15, -0.1) is 11.3 Å². The van der Waals surface area contributed by atoms with E-state index in [1.165, 1.54) is 16.2 Å². The second-order valence-electron chi connectivity index (χ2n) is 7.20. The summed E-state index contributed by atoms with van der Waals surface area (Å²) in [5.74, 6) is -0.631. The maximum atomic E-state index is 12.4. The molecule has 28 heavy (non-hydrogen) atoms. The number of rotatable bonds is 6. The number of nitriles is 1. The van der Waals surface area contributed by atoms with E-state index in [4.69, 9.17) is 4.74 Å². The van der Waals surface area contributed by atoms with Gasteiger partial charge in [-0.05, 0) is 42.7 Å². The molecule has 0 fully saturated rings. The smallest absolute Gasteiger partial charge is 0.313 e. The molecule has 6 heteroatoms. The van der Waals surface area contributed by atoms with E-state index in [1.54, 1.807) is 0 Å². The van der Waals surface area contributed by atoms with Crippen LogP contribution in [0.5, 0.6) is 0 Å². The summed E-state index contributed by atoms with van der Waals surface area (Å²) in [7, 11) is 0. The van der Waals surface area contributed by atoms with Gasteiger partial charge in [0, 0.05) is 4.88 Å². The second-order valence-corrected chi connectivity index (χ2v) is 8.30. The van der Waals surface area contributed by atoms with Gasteiger partial charge in [-0.25, -0.2) is 0 Å². The number of carbonyl (C=O) groups excluding carboxylic acids is 2. The number of carbonyl (C=O) groups is 2. The number of amides is 1. The van der Waals surface area contributed by atoms with Gasteiger partial charge < -0.3 is 10.1 Å². The molecule has 3 rings (SSSR count). The van der Waals surface area contributed by atoms with Gasteiger partial charge in [-0.1, -0.05) is 44.2 Å². The summed E-state index contributed by atoms with van der Waals surface area (Å²) in [6.07, 6.45) is 3.46. The van der Waals surface area contributed by atoms with Gasteiger partial charge in [0.25, 0.3) is 5.91 Å². The molecule has 5 nitrogen and oxygen atoms in total. The van der Waals surface area contributed by atoms with E-state index in [0.29, 0.717) is 22.9 Å². The van der Waals surface area contributed by atoms with E-state index in [-0.39, 0.29) is 12.5 Å². The number of esters is 1. The lowest BCUT2D eigenvalue weighted by molar-refractivity contribution is -0.149. The first kappa shape index (κ1) is 20.1. The standard InChI is InChI=1S/C22H24N2O3S/c1-3-16(15-7-5-4-6-8-15)22(26)27-13-20(25)24-21-18(12-23)17-10-9-14(2)11-19(17)28-21/h4-8,14,16H,3,9-11,13H2,1-2H3,(H,24,25)/t14-,16+/m1/s1. The summed E-state index contributed by atoms with van der Waals surface area (Å²) in [6, 6.07) is 11.6. The number of thiophene rings is 1. The Morgan fingerprint density at radius 1 is 1.36 bits per heavy atom. The van der Waals surface area contributed by atoms with Crippen LogP contribution in [0.25, 0.3) is 0 Å². The molecule has 0 aliphatic heterocycles. The first-order chi connectivity index (χ1) is 13.5. The summed E-state index contributed by atoms with van der Waals surface area (Å²) in [5, 5.41) is 12.8.